The Hall–Kier alpha value is -3.91. The van der Waals surface area contributed by atoms with Crippen molar-refractivity contribution in [3.8, 4) is 23.3 Å². The summed E-state index contributed by atoms with van der Waals surface area (Å²) in [5, 5.41) is 9.86. The number of ether oxygens (including phenoxy) is 2. The van der Waals surface area contributed by atoms with Crippen LogP contribution in [0.15, 0.2) is 71.8 Å². The normalized spacial score (nSPS) is 19.0. The average molecular weight is 564 g/mol. The SMILES string of the molecule is COc1cccc(C#Cc2ccc3c(c2)O[C@@H](CN(C)C(=O)c2ccccn2)[C@@H](C)CN([C@H](C)CO)S3(=O)=O)c1. The van der Waals surface area contributed by atoms with Crippen LogP contribution in [0.4, 0.5) is 0 Å². The summed E-state index contributed by atoms with van der Waals surface area (Å²) in [4.78, 5) is 18.7. The Bertz CT molecular complexity index is 1520. The largest absolute Gasteiger partial charge is 0.497 e. The van der Waals surface area contributed by atoms with Crippen molar-refractivity contribution < 1.29 is 27.8 Å². The predicted molar refractivity (Wildman–Crippen MR) is 151 cm³/mol. The number of methoxy groups -OCH3 is 1. The number of aliphatic hydroxyl groups excluding tert-OH is 1. The molecular formula is C30H33N3O6S. The monoisotopic (exact) mass is 563 g/mol. The number of sulfonamides is 1. The number of benzene rings is 2. The zero-order chi connectivity index (χ0) is 28.9. The molecule has 0 saturated heterocycles. The minimum atomic E-state index is -4.00. The molecular weight excluding hydrogens is 530 g/mol. The van der Waals surface area contributed by atoms with Gasteiger partial charge in [0.15, 0.2) is 0 Å². The third-order valence-corrected chi connectivity index (χ3v) is 8.79. The second kappa shape index (κ2) is 12.5. The summed E-state index contributed by atoms with van der Waals surface area (Å²) < 4.78 is 40.4. The van der Waals surface area contributed by atoms with E-state index in [1.54, 1.807) is 57.6 Å². The van der Waals surface area contributed by atoms with Gasteiger partial charge < -0.3 is 19.5 Å². The van der Waals surface area contributed by atoms with E-state index in [4.69, 9.17) is 9.47 Å². The van der Waals surface area contributed by atoms with Crippen LogP contribution >= 0.6 is 0 Å². The van der Waals surface area contributed by atoms with Crippen molar-refractivity contribution in [2.45, 2.75) is 30.9 Å². The summed E-state index contributed by atoms with van der Waals surface area (Å²) in [6, 6.07) is 16.5. The molecule has 1 aromatic heterocycles. The van der Waals surface area contributed by atoms with Crippen LogP contribution in [0, 0.1) is 17.8 Å². The Morgan fingerprint density at radius 2 is 1.93 bits per heavy atom. The lowest BCUT2D eigenvalue weighted by molar-refractivity contribution is 0.0559. The van der Waals surface area contributed by atoms with E-state index in [-0.39, 0.29) is 42.2 Å². The number of rotatable bonds is 6. The van der Waals surface area contributed by atoms with E-state index in [0.717, 1.165) is 5.56 Å². The number of nitrogens with zero attached hydrogens (tertiary/aromatic N) is 3. The molecule has 0 saturated carbocycles. The summed E-state index contributed by atoms with van der Waals surface area (Å²) in [6.07, 6.45) is 1.00. The fourth-order valence-corrected chi connectivity index (χ4v) is 6.23. The van der Waals surface area contributed by atoms with Crippen LogP contribution in [0.1, 0.15) is 35.5 Å². The highest BCUT2D eigenvalue weighted by Gasteiger charge is 2.38. The fourth-order valence-electron chi connectivity index (χ4n) is 4.40. The number of aromatic nitrogens is 1. The number of hydrogen-bond donors (Lipinski definition) is 1. The first-order valence-electron chi connectivity index (χ1n) is 12.9. The summed E-state index contributed by atoms with van der Waals surface area (Å²) in [5.74, 6) is 6.38. The lowest BCUT2D eigenvalue weighted by Crippen LogP contribution is -2.50. The van der Waals surface area contributed by atoms with Crippen LogP contribution in [0.3, 0.4) is 0 Å². The maximum atomic E-state index is 13.7. The van der Waals surface area contributed by atoms with E-state index in [0.29, 0.717) is 17.0 Å². The summed E-state index contributed by atoms with van der Waals surface area (Å²) in [5.41, 5.74) is 1.60. The number of amides is 1. The highest BCUT2D eigenvalue weighted by atomic mass is 32.2. The Labute approximate surface area is 235 Å². The van der Waals surface area contributed by atoms with E-state index in [1.165, 1.54) is 15.3 Å². The van der Waals surface area contributed by atoms with Gasteiger partial charge in [-0.1, -0.05) is 30.9 Å². The smallest absolute Gasteiger partial charge is 0.272 e. The highest BCUT2D eigenvalue weighted by Crippen LogP contribution is 2.34. The summed E-state index contributed by atoms with van der Waals surface area (Å²) in [6.45, 7) is 3.49. The Morgan fingerprint density at radius 1 is 1.18 bits per heavy atom. The minimum Gasteiger partial charge on any atom is -0.497 e. The van der Waals surface area contributed by atoms with Gasteiger partial charge >= 0.3 is 0 Å². The third-order valence-electron chi connectivity index (χ3n) is 6.77. The molecule has 0 fully saturated rings. The van der Waals surface area contributed by atoms with Gasteiger partial charge in [-0.15, -0.1) is 0 Å². The van der Waals surface area contributed by atoms with E-state index in [9.17, 15) is 18.3 Å². The molecule has 3 atom stereocenters. The van der Waals surface area contributed by atoms with Crippen molar-refractivity contribution in [1.29, 1.82) is 0 Å². The molecule has 9 nitrogen and oxygen atoms in total. The van der Waals surface area contributed by atoms with Crippen LogP contribution in [0.5, 0.6) is 11.5 Å². The first kappa shape index (κ1) is 29.1. The molecule has 10 heteroatoms. The van der Waals surface area contributed by atoms with Crippen LogP contribution in [-0.4, -0.2) is 79.6 Å². The van der Waals surface area contributed by atoms with E-state index < -0.39 is 22.2 Å². The second-order valence-electron chi connectivity index (χ2n) is 9.78. The molecule has 0 unspecified atom stereocenters. The molecule has 1 N–H and O–H groups in total. The molecule has 4 rings (SSSR count). The number of carbonyl (C=O) groups excluding carboxylic acids is 1. The van der Waals surface area contributed by atoms with Crippen LogP contribution in [0.2, 0.25) is 0 Å². The summed E-state index contributed by atoms with van der Waals surface area (Å²) >= 11 is 0. The lowest BCUT2D eigenvalue weighted by Gasteiger charge is -2.37. The first-order valence-corrected chi connectivity index (χ1v) is 14.3. The topological polar surface area (TPSA) is 109 Å². The molecule has 0 bridgehead atoms. The number of aliphatic hydroxyl groups is 1. The predicted octanol–water partition coefficient (Wildman–Crippen LogP) is 3.03. The number of likely N-dealkylation sites (N-methyl/N-ethyl adjacent to an activating group) is 1. The molecule has 2 heterocycles. The zero-order valence-corrected chi connectivity index (χ0v) is 23.8. The van der Waals surface area contributed by atoms with Crippen molar-refractivity contribution in [2.24, 2.45) is 5.92 Å². The van der Waals surface area contributed by atoms with Crippen LogP contribution in [-0.2, 0) is 10.0 Å². The van der Waals surface area contributed by atoms with E-state index in [1.807, 2.05) is 31.2 Å². The van der Waals surface area contributed by atoms with Gasteiger partial charge in [-0.05, 0) is 55.5 Å². The van der Waals surface area contributed by atoms with Gasteiger partial charge in [0.1, 0.15) is 28.2 Å². The van der Waals surface area contributed by atoms with Gasteiger partial charge in [0.2, 0.25) is 10.0 Å². The number of fused-ring (bicyclic) bond motifs is 1. The van der Waals surface area contributed by atoms with Gasteiger partial charge in [0.05, 0.1) is 20.3 Å². The number of carbonyl (C=O) groups is 1. The van der Waals surface area contributed by atoms with Crippen molar-refractivity contribution in [1.82, 2.24) is 14.2 Å². The molecule has 1 amide bonds. The van der Waals surface area contributed by atoms with Crippen molar-refractivity contribution in [3.05, 3.63) is 83.7 Å². The van der Waals surface area contributed by atoms with Gasteiger partial charge in [-0.25, -0.2) is 8.42 Å². The van der Waals surface area contributed by atoms with E-state index >= 15 is 0 Å². The molecule has 40 heavy (non-hydrogen) atoms. The van der Waals surface area contributed by atoms with Gasteiger partial charge in [0, 0.05) is 42.9 Å². The van der Waals surface area contributed by atoms with Gasteiger partial charge in [-0.3, -0.25) is 9.78 Å². The molecule has 1 aliphatic heterocycles. The average Bonchev–Trinajstić information content (AvgIpc) is 2.97. The van der Waals surface area contributed by atoms with Gasteiger partial charge in [-0.2, -0.15) is 4.31 Å². The second-order valence-corrected chi connectivity index (χ2v) is 11.6. The Balaban J connectivity index is 1.72. The van der Waals surface area contributed by atoms with Crippen molar-refractivity contribution in [2.75, 3.05) is 33.9 Å². The molecule has 2 aromatic carbocycles. The maximum Gasteiger partial charge on any atom is 0.272 e. The molecule has 210 valence electrons. The molecule has 0 spiro atoms. The molecule has 0 aliphatic carbocycles. The quantitative estimate of drug-likeness (QED) is 0.459. The lowest BCUT2D eigenvalue weighted by atomic mass is 10.0. The Morgan fingerprint density at radius 3 is 2.60 bits per heavy atom. The molecule has 0 radical (unpaired) electrons. The summed E-state index contributed by atoms with van der Waals surface area (Å²) in [7, 11) is -0.755. The van der Waals surface area contributed by atoms with Gasteiger partial charge in [0.25, 0.3) is 5.91 Å². The fraction of sp³-hybridized carbons (Fsp3) is 0.333. The van der Waals surface area contributed by atoms with Crippen molar-refractivity contribution >= 4 is 15.9 Å². The van der Waals surface area contributed by atoms with Crippen LogP contribution in [0.25, 0.3) is 0 Å². The Kier molecular flexibility index (Phi) is 9.10. The zero-order valence-electron chi connectivity index (χ0n) is 22.9. The standard InChI is InChI=1S/C30H33N3O6S/c1-21-18-33(22(2)20-34)40(36,37)29-14-13-24(12-11-23-8-7-9-25(16-23)38-4)17-27(29)39-28(21)19-32(3)30(35)26-10-5-6-15-31-26/h5-10,13-17,21-22,28,34H,18-20H2,1-4H3/t21-,22+,28-/m0/s1. The first-order chi connectivity index (χ1) is 19.1. The number of hydrogen-bond acceptors (Lipinski definition) is 7. The highest BCUT2D eigenvalue weighted by molar-refractivity contribution is 7.89. The molecule has 3 aromatic rings. The van der Waals surface area contributed by atoms with Crippen molar-refractivity contribution in [3.63, 3.8) is 0 Å². The third kappa shape index (κ3) is 6.45. The maximum absolute atomic E-state index is 13.7. The van der Waals surface area contributed by atoms with E-state index in [2.05, 4.69) is 16.8 Å². The van der Waals surface area contributed by atoms with Crippen LogP contribution < -0.4 is 9.47 Å². The molecule has 1 aliphatic rings. The minimum absolute atomic E-state index is 0.0182. The number of pyridine rings is 1.